The second kappa shape index (κ2) is 6.93. The fourth-order valence-corrected chi connectivity index (χ4v) is 2.81. The van der Waals surface area contributed by atoms with Crippen LogP contribution in [0.25, 0.3) is 16.9 Å². The van der Waals surface area contributed by atoms with Gasteiger partial charge in [-0.05, 0) is 30.3 Å². The molecule has 2 heterocycles. The molecule has 0 aliphatic heterocycles. The van der Waals surface area contributed by atoms with E-state index < -0.39 is 0 Å². The van der Waals surface area contributed by atoms with Crippen molar-refractivity contribution in [3.05, 3.63) is 71.8 Å². The van der Waals surface area contributed by atoms with Crippen molar-refractivity contribution in [3.8, 4) is 5.82 Å². The molecule has 0 saturated carbocycles. The van der Waals surface area contributed by atoms with Crippen LogP contribution in [0.4, 0.5) is 11.5 Å². The van der Waals surface area contributed by atoms with Crippen LogP contribution < -0.4 is 16.6 Å². The molecule has 4 rings (SSSR count). The van der Waals surface area contributed by atoms with Crippen LogP contribution in [0.15, 0.2) is 61.2 Å². The number of carbonyl (C=O) groups is 1. The maximum Gasteiger partial charge on any atom is 0.269 e. The van der Waals surface area contributed by atoms with Gasteiger partial charge in [0.2, 0.25) is 0 Å². The van der Waals surface area contributed by atoms with E-state index in [1.807, 2.05) is 24.3 Å². The number of hydrazine groups is 1. The molecule has 0 fully saturated rings. The van der Waals surface area contributed by atoms with Gasteiger partial charge in [-0.3, -0.25) is 20.2 Å². The number of fused-ring (bicyclic) bond motifs is 1. The second-order valence-corrected chi connectivity index (χ2v) is 6.09. The molecule has 1 amide bonds. The van der Waals surface area contributed by atoms with Gasteiger partial charge in [0.05, 0.1) is 11.0 Å². The summed E-state index contributed by atoms with van der Waals surface area (Å²) in [5.41, 5.74) is 13.8. The predicted octanol–water partition coefficient (Wildman–Crippen LogP) is 2.81. The summed E-state index contributed by atoms with van der Waals surface area (Å²) in [5.74, 6) is 0.358. The summed E-state index contributed by atoms with van der Waals surface area (Å²) >= 11 is 5.91. The minimum absolute atomic E-state index is 0.270. The lowest BCUT2D eigenvalue weighted by Gasteiger charge is -2.13. The first-order valence-electron chi connectivity index (χ1n) is 7.98. The van der Waals surface area contributed by atoms with Crippen LogP contribution in [-0.2, 0) is 0 Å². The lowest BCUT2D eigenvalue weighted by Crippen LogP contribution is -2.30. The molecule has 134 valence electrons. The molecule has 4 aromatic rings. The van der Waals surface area contributed by atoms with E-state index in [1.54, 1.807) is 35.2 Å². The molecule has 2 aromatic heterocycles. The van der Waals surface area contributed by atoms with Gasteiger partial charge in [-0.25, -0.2) is 15.0 Å². The number of amides is 1. The lowest BCUT2D eigenvalue weighted by atomic mass is 10.2. The highest BCUT2D eigenvalue weighted by molar-refractivity contribution is 6.30. The molecular weight excluding hydrogens is 366 g/mol. The first-order chi connectivity index (χ1) is 13.1. The number of aromatic nitrogens is 4. The Kier molecular flexibility index (Phi) is 4.31. The van der Waals surface area contributed by atoms with Crippen molar-refractivity contribution in [2.75, 3.05) is 11.2 Å². The highest BCUT2D eigenvalue weighted by Gasteiger charge is 2.13. The number of hydrogen-bond donors (Lipinski definition) is 3. The first-order valence-corrected chi connectivity index (χ1v) is 8.36. The number of imidazole rings is 1. The van der Waals surface area contributed by atoms with Crippen molar-refractivity contribution in [2.24, 2.45) is 0 Å². The SMILES string of the molecule is Nc1c(NNC(=O)c2cccc(Cl)c2)ncnc1-n1cnc2ccccc21. The zero-order chi connectivity index (χ0) is 18.8. The smallest absolute Gasteiger partial charge is 0.269 e. The minimum Gasteiger partial charge on any atom is -0.393 e. The fraction of sp³-hybridized carbons (Fsp3) is 0. The van der Waals surface area contributed by atoms with Gasteiger partial charge in [-0.15, -0.1) is 0 Å². The number of nitrogens with one attached hydrogen (secondary N) is 2. The Bertz CT molecular complexity index is 1140. The van der Waals surface area contributed by atoms with E-state index in [9.17, 15) is 4.79 Å². The molecule has 27 heavy (non-hydrogen) atoms. The third kappa shape index (κ3) is 3.25. The molecule has 0 bridgehead atoms. The summed E-state index contributed by atoms with van der Waals surface area (Å²) in [4.78, 5) is 24.9. The molecule has 4 N–H and O–H groups in total. The summed E-state index contributed by atoms with van der Waals surface area (Å²) in [6, 6.07) is 14.2. The zero-order valence-electron chi connectivity index (χ0n) is 13.9. The highest BCUT2D eigenvalue weighted by Crippen LogP contribution is 2.24. The average Bonchev–Trinajstić information content (AvgIpc) is 3.11. The number of halogens is 1. The third-order valence-electron chi connectivity index (χ3n) is 3.93. The van der Waals surface area contributed by atoms with Gasteiger partial charge in [0.1, 0.15) is 18.3 Å². The molecule has 0 spiro atoms. The van der Waals surface area contributed by atoms with Crippen LogP contribution >= 0.6 is 11.6 Å². The molecule has 2 aromatic carbocycles. The van der Waals surface area contributed by atoms with Crippen LogP contribution in [0.2, 0.25) is 5.02 Å². The largest absolute Gasteiger partial charge is 0.393 e. The Balaban J connectivity index is 1.60. The Morgan fingerprint density at radius 1 is 1.07 bits per heavy atom. The van der Waals surface area contributed by atoms with Crippen molar-refractivity contribution in [1.82, 2.24) is 24.9 Å². The Hall–Kier alpha value is -3.65. The first kappa shape index (κ1) is 16.8. The van der Waals surface area contributed by atoms with Gasteiger partial charge in [0.25, 0.3) is 5.91 Å². The van der Waals surface area contributed by atoms with E-state index in [-0.39, 0.29) is 17.4 Å². The normalized spacial score (nSPS) is 10.7. The Labute approximate surface area is 159 Å². The van der Waals surface area contributed by atoms with Gasteiger partial charge in [-0.2, -0.15) is 0 Å². The van der Waals surface area contributed by atoms with E-state index >= 15 is 0 Å². The molecule has 0 saturated heterocycles. The predicted molar refractivity (Wildman–Crippen MR) is 104 cm³/mol. The highest BCUT2D eigenvalue weighted by atomic mass is 35.5. The number of benzene rings is 2. The monoisotopic (exact) mass is 379 g/mol. The van der Waals surface area contributed by atoms with E-state index in [2.05, 4.69) is 25.8 Å². The maximum atomic E-state index is 12.2. The van der Waals surface area contributed by atoms with E-state index in [1.165, 1.54) is 6.33 Å². The van der Waals surface area contributed by atoms with Crippen molar-refractivity contribution >= 4 is 40.0 Å². The minimum atomic E-state index is -0.370. The molecule has 0 atom stereocenters. The number of nitrogens with two attached hydrogens (primary N) is 1. The van der Waals surface area contributed by atoms with Gasteiger partial charge < -0.3 is 5.73 Å². The number of rotatable bonds is 4. The van der Waals surface area contributed by atoms with Crippen molar-refractivity contribution in [1.29, 1.82) is 0 Å². The van der Waals surface area contributed by atoms with E-state index in [0.717, 1.165) is 11.0 Å². The molecule has 0 aliphatic carbocycles. The van der Waals surface area contributed by atoms with Crippen LogP contribution in [0.3, 0.4) is 0 Å². The molecule has 9 heteroatoms. The quantitative estimate of drug-likeness (QED) is 0.470. The number of nitrogens with zero attached hydrogens (tertiary/aromatic N) is 4. The molecule has 0 unspecified atom stereocenters. The number of carbonyl (C=O) groups excluding carboxylic acids is 1. The number of anilines is 2. The summed E-state index contributed by atoms with van der Waals surface area (Å²) in [5, 5.41) is 0.471. The van der Waals surface area contributed by atoms with Crippen LogP contribution in [0.5, 0.6) is 0 Å². The fourth-order valence-electron chi connectivity index (χ4n) is 2.62. The molecule has 8 nitrogen and oxygen atoms in total. The van der Waals surface area contributed by atoms with Gasteiger partial charge in [-0.1, -0.05) is 29.8 Å². The third-order valence-corrected chi connectivity index (χ3v) is 4.16. The summed E-state index contributed by atoms with van der Waals surface area (Å²) in [6.45, 7) is 0. The average molecular weight is 380 g/mol. The van der Waals surface area contributed by atoms with Crippen molar-refractivity contribution < 1.29 is 4.79 Å². The Morgan fingerprint density at radius 2 is 1.93 bits per heavy atom. The van der Waals surface area contributed by atoms with Crippen LogP contribution in [0.1, 0.15) is 10.4 Å². The lowest BCUT2D eigenvalue weighted by molar-refractivity contribution is 0.0962. The van der Waals surface area contributed by atoms with Crippen LogP contribution in [-0.4, -0.2) is 25.4 Å². The van der Waals surface area contributed by atoms with Crippen molar-refractivity contribution in [3.63, 3.8) is 0 Å². The van der Waals surface area contributed by atoms with E-state index in [4.69, 9.17) is 17.3 Å². The van der Waals surface area contributed by atoms with Crippen molar-refractivity contribution in [2.45, 2.75) is 0 Å². The number of nitrogen functional groups attached to an aromatic ring is 1. The Morgan fingerprint density at radius 3 is 2.78 bits per heavy atom. The molecular formula is C18H14ClN7O. The number of para-hydroxylation sites is 2. The molecule has 0 radical (unpaired) electrons. The maximum absolute atomic E-state index is 12.2. The topological polar surface area (TPSA) is 111 Å². The number of hydrogen-bond acceptors (Lipinski definition) is 6. The summed E-state index contributed by atoms with van der Waals surface area (Å²) < 4.78 is 1.76. The van der Waals surface area contributed by atoms with Gasteiger partial charge in [0.15, 0.2) is 11.6 Å². The van der Waals surface area contributed by atoms with Crippen LogP contribution in [0, 0.1) is 0 Å². The van der Waals surface area contributed by atoms with E-state index in [0.29, 0.717) is 16.4 Å². The van der Waals surface area contributed by atoms with Gasteiger partial charge in [0, 0.05) is 10.6 Å². The van der Waals surface area contributed by atoms with Gasteiger partial charge >= 0.3 is 0 Å². The molecule has 0 aliphatic rings. The zero-order valence-corrected chi connectivity index (χ0v) is 14.7. The summed E-state index contributed by atoms with van der Waals surface area (Å²) in [6.07, 6.45) is 2.99. The second-order valence-electron chi connectivity index (χ2n) is 5.65. The summed E-state index contributed by atoms with van der Waals surface area (Å²) in [7, 11) is 0. The standard InChI is InChI=1S/C18H14ClN7O/c19-12-5-3-4-11(8-12)18(27)25-24-16-15(20)17(22-9-21-16)26-10-23-13-6-1-2-7-14(13)26/h1-10H,20H2,(H,25,27)(H,21,22,24).